The smallest absolute Gasteiger partial charge is 0.234 e. The normalized spacial score (nSPS) is 10.5. The van der Waals surface area contributed by atoms with Crippen molar-refractivity contribution >= 4 is 34.3 Å². The molecule has 0 aliphatic rings. The van der Waals surface area contributed by atoms with E-state index >= 15 is 0 Å². The Morgan fingerprint density at radius 1 is 1.21 bits per heavy atom. The molecule has 28 heavy (non-hydrogen) atoms. The molecule has 0 atom stereocenters. The second kappa shape index (κ2) is 9.25. The van der Waals surface area contributed by atoms with Crippen molar-refractivity contribution in [3.05, 3.63) is 59.7 Å². The molecule has 1 heterocycles. The molecule has 3 aromatic rings. The molecule has 0 aliphatic carbocycles. The molecule has 6 heteroatoms. The van der Waals surface area contributed by atoms with E-state index in [1.807, 2.05) is 43.3 Å². The Kier molecular flexibility index (Phi) is 6.51. The van der Waals surface area contributed by atoms with Crippen molar-refractivity contribution in [3.63, 3.8) is 0 Å². The first kappa shape index (κ1) is 19.7. The van der Waals surface area contributed by atoms with Gasteiger partial charge in [-0.05, 0) is 49.2 Å². The van der Waals surface area contributed by atoms with Gasteiger partial charge in [0.2, 0.25) is 5.91 Å². The van der Waals surface area contributed by atoms with Gasteiger partial charge in [0.1, 0.15) is 16.8 Å². The fraction of sp³-hybridized carbons (Fsp3) is 0.227. The van der Waals surface area contributed by atoms with Gasteiger partial charge >= 0.3 is 0 Å². The predicted octanol–water partition coefficient (Wildman–Crippen LogP) is 4.80. The van der Waals surface area contributed by atoms with Gasteiger partial charge in [-0.1, -0.05) is 36.9 Å². The van der Waals surface area contributed by atoms with Gasteiger partial charge in [0.05, 0.1) is 29.1 Å². The van der Waals surface area contributed by atoms with Gasteiger partial charge in [-0.25, -0.2) is 4.98 Å². The van der Waals surface area contributed by atoms with Crippen LogP contribution in [0.25, 0.3) is 10.9 Å². The van der Waals surface area contributed by atoms with Crippen molar-refractivity contribution < 1.29 is 9.53 Å². The van der Waals surface area contributed by atoms with Crippen LogP contribution in [0.1, 0.15) is 25.0 Å². The van der Waals surface area contributed by atoms with Crippen LogP contribution >= 0.6 is 11.8 Å². The van der Waals surface area contributed by atoms with E-state index in [9.17, 15) is 10.1 Å². The topological polar surface area (TPSA) is 75.0 Å². The first-order valence-corrected chi connectivity index (χ1v) is 10.1. The van der Waals surface area contributed by atoms with Crippen LogP contribution in [0.2, 0.25) is 0 Å². The summed E-state index contributed by atoms with van der Waals surface area (Å²) in [5, 5.41) is 13.8. The minimum absolute atomic E-state index is 0.153. The van der Waals surface area contributed by atoms with Crippen LogP contribution in [0.15, 0.2) is 53.6 Å². The molecule has 2 aromatic carbocycles. The molecule has 0 spiro atoms. The highest BCUT2D eigenvalue weighted by atomic mass is 32.2. The molecule has 1 N–H and O–H groups in total. The number of ether oxygens (including phenoxy) is 1. The third-order valence-electron chi connectivity index (χ3n) is 4.17. The quantitative estimate of drug-likeness (QED) is 0.586. The van der Waals surface area contributed by atoms with Crippen LogP contribution in [0.3, 0.4) is 0 Å². The van der Waals surface area contributed by atoms with Gasteiger partial charge in [0.25, 0.3) is 0 Å². The standard InChI is InChI=1S/C22H21N3O2S/c1-3-15-9-10-18-16(11-15)12-17(13-23)22(25-18)28-14-21(26)24-19-7-5-6-8-20(19)27-4-2/h5-12H,3-4,14H2,1-2H3,(H,24,26). The number of pyridine rings is 1. The van der Waals surface area contributed by atoms with Gasteiger partial charge in [0, 0.05) is 5.39 Å². The molecule has 0 unspecified atom stereocenters. The number of nitriles is 1. The fourth-order valence-corrected chi connectivity index (χ4v) is 3.55. The third kappa shape index (κ3) is 4.62. The number of anilines is 1. The molecule has 142 valence electrons. The molecule has 0 fully saturated rings. The summed E-state index contributed by atoms with van der Waals surface area (Å²) in [4.78, 5) is 17.0. The van der Waals surface area contributed by atoms with Crippen LogP contribution < -0.4 is 10.1 Å². The van der Waals surface area contributed by atoms with Gasteiger partial charge in [0.15, 0.2) is 0 Å². The molecule has 0 saturated carbocycles. The predicted molar refractivity (Wildman–Crippen MR) is 113 cm³/mol. The maximum absolute atomic E-state index is 12.4. The number of rotatable bonds is 7. The lowest BCUT2D eigenvalue weighted by Gasteiger charge is -2.11. The molecule has 5 nitrogen and oxygen atoms in total. The third-order valence-corrected chi connectivity index (χ3v) is 5.17. The lowest BCUT2D eigenvalue weighted by Crippen LogP contribution is -2.15. The molecule has 0 radical (unpaired) electrons. The molecule has 0 aliphatic heterocycles. The highest BCUT2D eigenvalue weighted by Crippen LogP contribution is 2.27. The molecular formula is C22H21N3O2S. The van der Waals surface area contributed by atoms with Crippen molar-refractivity contribution in [1.82, 2.24) is 4.98 Å². The zero-order chi connectivity index (χ0) is 19.9. The maximum atomic E-state index is 12.4. The summed E-state index contributed by atoms with van der Waals surface area (Å²) in [6.45, 7) is 4.51. The van der Waals surface area contributed by atoms with Crippen molar-refractivity contribution in [1.29, 1.82) is 5.26 Å². The van der Waals surface area contributed by atoms with Crippen LogP contribution in [0.4, 0.5) is 5.69 Å². The number of carbonyl (C=O) groups is 1. The zero-order valence-electron chi connectivity index (χ0n) is 15.9. The molecular weight excluding hydrogens is 370 g/mol. The number of hydrogen-bond donors (Lipinski definition) is 1. The minimum Gasteiger partial charge on any atom is -0.492 e. The van der Waals surface area contributed by atoms with E-state index in [0.29, 0.717) is 28.6 Å². The number of fused-ring (bicyclic) bond motifs is 1. The highest BCUT2D eigenvalue weighted by Gasteiger charge is 2.12. The minimum atomic E-state index is -0.177. The highest BCUT2D eigenvalue weighted by molar-refractivity contribution is 8.00. The van der Waals surface area contributed by atoms with Crippen LogP contribution in [-0.2, 0) is 11.2 Å². The van der Waals surface area contributed by atoms with Crippen LogP contribution in [-0.4, -0.2) is 23.3 Å². The zero-order valence-corrected chi connectivity index (χ0v) is 16.7. The van der Waals surface area contributed by atoms with Gasteiger partial charge < -0.3 is 10.1 Å². The maximum Gasteiger partial charge on any atom is 0.234 e. The summed E-state index contributed by atoms with van der Waals surface area (Å²) in [5.41, 5.74) is 3.13. The summed E-state index contributed by atoms with van der Waals surface area (Å²) < 4.78 is 5.53. The van der Waals surface area contributed by atoms with Crippen LogP contribution in [0.5, 0.6) is 5.75 Å². The lowest BCUT2D eigenvalue weighted by atomic mass is 10.1. The fourth-order valence-electron chi connectivity index (χ4n) is 2.79. The summed E-state index contributed by atoms with van der Waals surface area (Å²) in [7, 11) is 0. The van der Waals surface area contributed by atoms with Gasteiger partial charge in [-0.15, -0.1) is 0 Å². The Morgan fingerprint density at radius 3 is 2.79 bits per heavy atom. The van der Waals surface area contributed by atoms with Gasteiger partial charge in [-0.3, -0.25) is 4.79 Å². The Labute approximate surface area is 168 Å². The second-order valence-corrected chi connectivity index (χ2v) is 7.06. The largest absolute Gasteiger partial charge is 0.492 e. The second-order valence-electron chi connectivity index (χ2n) is 6.10. The Morgan fingerprint density at radius 2 is 2.04 bits per heavy atom. The summed E-state index contributed by atoms with van der Waals surface area (Å²) in [5.74, 6) is 0.613. The summed E-state index contributed by atoms with van der Waals surface area (Å²) >= 11 is 1.26. The summed E-state index contributed by atoms with van der Waals surface area (Å²) in [6.07, 6.45) is 0.928. The Balaban J connectivity index is 1.74. The number of thioether (sulfide) groups is 1. The van der Waals surface area contributed by atoms with Crippen molar-refractivity contribution in [3.8, 4) is 11.8 Å². The van der Waals surface area contributed by atoms with E-state index in [1.165, 1.54) is 17.3 Å². The first-order valence-electron chi connectivity index (χ1n) is 9.12. The molecule has 1 amide bonds. The van der Waals surface area contributed by atoms with Crippen molar-refractivity contribution in [2.45, 2.75) is 25.3 Å². The number of carbonyl (C=O) groups excluding carboxylic acids is 1. The van der Waals surface area contributed by atoms with E-state index in [0.717, 1.165) is 17.3 Å². The number of aromatic nitrogens is 1. The number of benzene rings is 2. The summed E-state index contributed by atoms with van der Waals surface area (Å²) in [6, 6.07) is 17.4. The number of nitrogens with zero attached hydrogens (tertiary/aromatic N) is 2. The number of aryl methyl sites for hydroxylation is 1. The Hall–Kier alpha value is -3.04. The van der Waals surface area contributed by atoms with Crippen molar-refractivity contribution in [2.75, 3.05) is 17.7 Å². The monoisotopic (exact) mass is 391 g/mol. The SMILES string of the molecule is CCOc1ccccc1NC(=O)CSc1nc2ccc(CC)cc2cc1C#N. The number of amides is 1. The average molecular weight is 391 g/mol. The number of hydrogen-bond acceptors (Lipinski definition) is 5. The van der Waals surface area contributed by atoms with E-state index in [1.54, 1.807) is 6.07 Å². The van der Waals surface area contributed by atoms with E-state index in [2.05, 4.69) is 29.4 Å². The molecule has 1 aromatic heterocycles. The number of para-hydroxylation sites is 2. The van der Waals surface area contributed by atoms with E-state index < -0.39 is 0 Å². The van der Waals surface area contributed by atoms with E-state index in [4.69, 9.17) is 4.74 Å². The average Bonchev–Trinajstić information content (AvgIpc) is 2.72. The van der Waals surface area contributed by atoms with E-state index in [-0.39, 0.29) is 11.7 Å². The first-order chi connectivity index (χ1) is 13.6. The molecule has 0 bridgehead atoms. The molecule has 3 rings (SSSR count). The Bertz CT molecular complexity index is 1040. The van der Waals surface area contributed by atoms with Crippen LogP contribution in [0, 0.1) is 11.3 Å². The van der Waals surface area contributed by atoms with Crippen molar-refractivity contribution in [2.24, 2.45) is 0 Å². The molecule has 0 saturated heterocycles. The lowest BCUT2D eigenvalue weighted by molar-refractivity contribution is -0.113. The number of nitrogens with one attached hydrogen (secondary N) is 1. The van der Waals surface area contributed by atoms with Gasteiger partial charge in [-0.2, -0.15) is 5.26 Å².